The number of rotatable bonds is 10. The maximum Gasteiger partial charge on any atom is 0.547 e. The van der Waals surface area contributed by atoms with Crippen LogP contribution in [0.1, 0.15) is 40.0 Å². The summed E-state index contributed by atoms with van der Waals surface area (Å²) in [6.07, 6.45) is 2.89. The van der Waals surface area contributed by atoms with Crippen LogP contribution in [-0.2, 0) is 13.3 Å². The van der Waals surface area contributed by atoms with Gasteiger partial charge in [-0.25, -0.2) is 0 Å². The quantitative estimate of drug-likeness (QED) is 0.587. The molecule has 0 bridgehead atoms. The minimum absolute atomic E-state index is 0.676. The van der Waals surface area contributed by atoms with E-state index in [9.17, 15) is 0 Å². The summed E-state index contributed by atoms with van der Waals surface area (Å²) in [5.74, 6) is 0. The van der Waals surface area contributed by atoms with Gasteiger partial charge in [0.2, 0.25) is 0 Å². The van der Waals surface area contributed by atoms with Crippen molar-refractivity contribution in [3.8, 4) is 0 Å². The zero-order chi connectivity index (χ0) is 14.1. The summed E-state index contributed by atoms with van der Waals surface area (Å²) in [5, 5.41) is 0. The fourth-order valence-electron chi connectivity index (χ4n) is 1.53. The van der Waals surface area contributed by atoms with Crippen LogP contribution in [0.2, 0.25) is 0 Å². The lowest BCUT2D eigenvalue weighted by Gasteiger charge is -2.28. The zero-order valence-electron chi connectivity index (χ0n) is 11.9. The second-order valence-corrected chi connectivity index (χ2v) is 9.55. The van der Waals surface area contributed by atoms with Crippen LogP contribution >= 0.6 is 27.3 Å². The SMILES string of the molecule is CCCO[Si](OCCC)(OCCC)c1ccc(Br)s1. The standard InChI is InChI=1S/C13H23BrO3SSi/c1-4-9-15-19(16-10-5-2,17-11-6-3)13-8-7-12(14)18-13/h7-8H,4-6,9-11H2,1-3H3. The highest BCUT2D eigenvalue weighted by Gasteiger charge is 2.45. The van der Waals surface area contributed by atoms with Gasteiger partial charge in [0.25, 0.3) is 0 Å². The molecular weight excluding hydrogens is 344 g/mol. The molecule has 0 amide bonds. The maximum absolute atomic E-state index is 6.07. The van der Waals surface area contributed by atoms with Crippen LogP contribution in [0.4, 0.5) is 0 Å². The molecule has 1 aromatic rings. The third kappa shape index (κ3) is 5.28. The lowest BCUT2D eigenvalue weighted by molar-refractivity contribution is 0.0739. The molecule has 0 aliphatic rings. The Morgan fingerprint density at radius 3 is 1.74 bits per heavy atom. The van der Waals surface area contributed by atoms with Crippen molar-refractivity contribution in [3.63, 3.8) is 0 Å². The number of hydrogen-bond acceptors (Lipinski definition) is 4. The molecule has 3 nitrogen and oxygen atoms in total. The van der Waals surface area contributed by atoms with E-state index in [1.54, 1.807) is 11.3 Å². The monoisotopic (exact) mass is 366 g/mol. The fraction of sp³-hybridized carbons (Fsp3) is 0.692. The normalized spacial score (nSPS) is 12.0. The second-order valence-electron chi connectivity index (χ2n) is 4.21. The molecule has 0 radical (unpaired) electrons. The first kappa shape index (κ1) is 17.3. The van der Waals surface area contributed by atoms with E-state index in [0.717, 1.165) is 27.5 Å². The Morgan fingerprint density at radius 2 is 1.42 bits per heavy atom. The average Bonchev–Trinajstić information content (AvgIpc) is 2.85. The van der Waals surface area contributed by atoms with Gasteiger partial charge in [0.15, 0.2) is 0 Å². The molecule has 110 valence electrons. The largest absolute Gasteiger partial charge is 0.547 e. The zero-order valence-corrected chi connectivity index (χ0v) is 15.3. The van der Waals surface area contributed by atoms with E-state index in [4.69, 9.17) is 13.3 Å². The average molecular weight is 367 g/mol. The minimum atomic E-state index is -2.73. The van der Waals surface area contributed by atoms with Crippen molar-refractivity contribution < 1.29 is 13.3 Å². The van der Waals surface area contributed by atoms with E-state index in [-0.39, 0.29) is 0 Å². The Bertz CT molecular complexity index is 338. The van der Waals surface area contributed by atoms with Gasteiger partial charge in [-0.3, -0.25) is 0 Å². The number of hydrogen-bond donors (Lipinski definition) is 0. The van der Waals surface area contributed by atoms with Crippen molar-refractivity contribution in [2.45, 2.75) is 40.0 Å². The minimum Gasteiger partial charge on any atom is -0.370 e. The van der Waals surface area contributed by atoms with Gasteiger partial charge in [-0.05, 0) is 47.3 Å². The van der Waals surface area contributed by atoms with E-state index in [1.807, 2.05) is 6.07 Å². The van der Waals surface area contributed by atoms with Crippen LogP contribution in [-0.4, -0.2) is 28.6 Å². The van der Waals surface area contributed by atoms with Crippen molar-refractivity contribution in [3.05, 3.63) is 15.9 Å². The number of halogens is 1. The van der Waals surface area contributed by atoms with Gasteiger partial charge < -0.3 is 13.3 Å². The van der Waals surface area contributed by atoms with E-state index < -0.39 is 8.80 Å². The summed E-state index contributed by atoms with van der Waals surface area (Å²) >= 11 is 5.15. The second kappa shape index (κ2) is 9.26. The third-order valence-corrected chi connectivity index (χ3v) is 7.38. The molecule has 0 aliphatic heterocycles. The Labute approximate surface area is 129 Å². The van der Waals surface area contributed by atoms with E-state index in [1.165, 1.54) is 0 Å². The van der Waals surface area contributed by atoms with Gasteiger partial charge in [-0.1, -0.05) is 20.8 Å². The molecule has 0 spiro atoms. The molecule has 0 fully saturated rings. The summed E-state index contributed by atoms with van der Waals surface area (Å²) in [7, 11) is -2.73. The van der Waals surface area contributed by atoms with Crippen LogP contribution in [0.5, 0.6) is 0 Å². The topological polar surface area (TPSA) is 27.7 Å². The molecule has 1 aromatic heterocycles. The van der Waals surface area contributed by atoms with Crippen LogP contribution in [0, 0.1) is 0 Å². The Balaban J connectivity index is 2.93. The molecule has 0 aliphatic carbocycles. The molecule has 1 rings (SSSR count). The smallest absolute Gasteiger partial charge is 0.370 e. The summed E-state index contributed by atoms with van der Waals surface area (Å²) < 4.78 is 20.4. The predicted octanol–water partition coefficient (Wildman–Crippen LogP) is 3.94. The molecule has 0 unspecified atom stereocenters. The van der Waals surface area contributed by atoms with Crippen LogP contribution in [0.3, 0.4) is 0 Å². The molecule has 0 saturated carbocycles. The molecular formula is C13H23BrO3SSi. The van der Waals surface area contributed by atoms with Crippen LogP contribution < -0.4 is 4.50 Å². The molecule has 0 saturated heterocycles. The third-order valence-electron chi connectivity index (χ3n) is 2.36. The summed E-state index contributed by atoms with van der Waals surface area (Å²) in [4.78, 5) is 0. The van der Waals surface area contributed by atoms with Crippen molar-refractivity contribution >= 4 is 40.6 Å². The van der Waals surface area contributed by atoms with Gasteiger partial charge in [0.05, 0.1) is 8.29 Å². The van der Waals surface area contributed by atoms with Gasteiger partial charge in [0, 0.05) is 19.8 Å². The lowest BCUT2D eigenvalue weighted by atomic mass is 10.5. The van der Waals surface area contributed by atoms with Gasteiger partial charge in [-0.2, -0.15) is 0 Å². The Kier molecular flexibility index (Phi) is 8.44. The van der Waals surface area contributed by atoms with Crippen molar-refractivity contribution in [2.24, 2.45) is 0 Å². The first-order valence-corrected chi connectivity index (χ1v) is 10.2. The summed E-state index contributed by atoms with van der Waals surface area (Å²) in [5.41, 5.74) is 0. The van der Waals surface area contributed by atoms with Crippen LogP contribution in [0.15, 0.2) is 15.9 Å². The van der Waals surface area contributed by atoms with Crippen LogP contribution in [0.25, 0.3) is 0 Å². The van der Waals surface area contributed by atoms with Crippen molar-refractivity contribution in [1.29, 1.82) is 0 Å². The predicted molar refractivity (Wildman–Crippen MR) is 86.1 cm³/mol. The highest BCUT2D eigenvalue weighted by molar-refractivity contribution is 9.11. The fourth-order valence-corrected chi connectivity index (χ4v) is 6.86. The molecule has 1 heterocycles. The summed E-state index contributed by atoms with van der Waals surface area (Å²) in [6, 6.07) is 4.09. The van der Waals surface area contributed by atoms with Gasteiger partial charge in [-0.15, -0.1) is 11.3 Å². The molecule has 19 heavy (non-hydrogen) atoms. The summed E-state index contributed by atoms with van der Waals surface area (Å²) in [6.45, 7) is 8.33. The maximum atomic E-state index is 6.07. The Morgan fingerprint density at radius 1 is 0.947 bits per heavy atom. The first-order chi connectivity index (χ1) is 9.18. The van der Waals surface area contributed by atoms with Crippen molar-refractivity contribution in [2.75, 3.05) is 19.8 Å². The lowest BCUT2D eigenvalue weighted by Crippen LogP contribution is -2.56. The highest BCUT2D eigenvalue weighted by Crippen LogP contribution is 2.21. The molecule has 0 atom stereocenters. The highest BCUT2D eigenvalue weighted by atomic mass is 79.9. The van der Waals surface area contributed by atoms with Gasteiger partial charge in [0.1, 0.15) is 0 Å². The van der Waals surface area contributed by atoms with Crippen molar-refractivity contribution in [1.82, 2.24) is 0 Å². The Hall–Kier alpha value is 0.277. The van der Waals surface area contributed by atoms with E-state index in [0.29, 0.717) is 19.8 Å². The van der Waals surface area contributed by atoms with E-state index >= 15 is 0 Å². The number of thiophene rings is 1. The molecule has 6 heteroatoms. The van der Waals surface area contributed by atoms with Gasteiger partial charge >= 0.3 is 8.80 Å². The molecule has 0 N–H and O–H groups in total. The first-order valence-electron chi connectivity index (χ1n) is 6.86. The van der Waals surface area contributed by atoms with E-state index in [2.05, 4.69) is 42.8 Å². The molecule has 0 aromatic carbocycles.